The molecule has 33 heavy (non-hydrogen) atoms. The molecule has 6 nitrogen and oxygen atoms in total. The maximum Gasteiger partial charge on any atom is 0.416 e. The second-order valence-electron chi connectivity index (χ2n) is 7.78. The Bertz CT molecular complexity index is 1320. The number of carbonyl (C=O) groups excluding carboxylic acids is 2. The van der Waals surface area contributed by atoms with Crippen molar-refractivity contribution in [2.24, 2.45) is 0 Å². The predicted octanol–water partition coefficient (Wildman–Crippen LogP) is 4.76. The molecule has 0 aliphatic carbocycles. The normalized spacial score (nSPS) is 18.5. The molecule has 0 unspecified atom stereocenters. The van der Waals surface area contributed by atoms with E-state index in [-0.39, 0.29) is 34.3 Å². The molecule has 11 heteroatoms. The summed E-state index contributed by atoms with van der Waals surface area (Å²) in [6.45, 7) is 1.11. The summed E-state index contributed by atoms with van der Waals surface area (Å²) in [6, 6.07) is 8.82. The van der Waals surface area contributed by atoms with E-state index in [1.807, 2.05) is 0 Å². The fourth-order valence-electron chi connectivity index (χ4n) is 3.84. The molecule has 0 radical (unpaired) electrons. The van der Waals surface area contributed by atoms with E-state index in [0.717, 1.165) is 17.8 Å². The van der Waals surface area contributed by atoms with E-state index < -0.39 is 11.7 Å². The van der Waals surface area contributed by atoms with E-state index in [1.165, 1.54) is 21.7 Å². The number of nitrogens with zero attached hydrogens (tertiary/aromatic N) is 3. The number of fused-ring (bicyclic) bond motifs is 1. The van der Waals surface area contributed by atoms with Crippen molar-refractivity contribution in [2.75, 3.05) is 13.1 Å². The van der Waals surface area contributed by atoms with Crippen molar-refractivity contribution in [3.05, 3.63) is 69.2 Å². The molecular formula is C22H16ClF3N4O2S. The van der Waals surface area contributed by atoms with Crippen molar-refractivity contribution >= 4 is 51.5 Å². The number of nitrogens with one attached hydrogen (secondary N) is 1. The summed E-state index contributed by atoms with van der Waals surface area (Å²) in [7, 11) is 0. The van der Waals surface area contributed by atoms with Gasteiger partial charge in [0.05, 0.1) is 34.8 Å². The van der Waals surface area contributed by atoms with Gasteiger partial charge in [-0.2, -0.15) is 18.3 Å². The van der Waals surface area contributed by atoms with Crippen LogP contribution in [0.4, 0.5) is 18.0 Å². The van der Waals surface area contributed by atoms with Crippen molar-refractivity contribution in [2.45, 2.75) is 18.8 Å². The van der Waals surface area contributed by atoms with Gasteiger partial charge in [-0.1, -0.05) is 23.7 Å². The molecule has 1 N–H and O–H groups in total. The van der Waals surface area contributed by atoms with Gasteiger partial charge in [0.25, 0.3) is 11.1 Å². The summed E-state index contributed by atoms with van der Waals surface area (Å²) >= 11 is 6.67. The van der Waals surface area contributed by atoms with Gasteiger partial charge in [0, 0.05) is 23.5 Å². The number of rotatable bonds is 4. The van der Waals surface area contributed by atoms with E-state index in [4.69, 9.17) is 11.6 Å². The number of halogens is 4. The van der Waals surface area contributed by atoms with Crippen LogP contribution in [0.5, 0.6) is 0 Å². The van der Waals surface area contributed by atoms with Gasteiger partial charge >= 0.3 is 6.18 Å². The fraction of sp³-hybridized carbons (Fsp3) is 0.227. The second-order valence-corrected chi connectivity index (χ2v) is 9.21. The van der Waals surface area contributed by atoms with Crippen LogP contribution in [-0.4, -0.2) is 45.0 Å². The highest BCUT2D eigenvalue weighted by atomic mass is 35.5. The third-order valence-corrected chi connectivity index (χ3v) is 6.73. The van der Waals surface area contributed by atoms with Gasteiger partial charge in [0.2, 0.25) is 0 Å². The molecular weight excluding hydrogens is 477 g/mol. The molecule has 3 heterocycles. The molecule has 2 aromatic carbocycles. The number of benzene rings is 2. The summed E-state index contributed by atoms with van der Waals surface area (Å²) in [4.78, 5) is 26.5. The standard InChI is InChI=1S/C22H16ClF3N4O2S/c23-15-3-2-13(17(7-15)22(24,25)26)11-29-18-4-1-12(5-14(18)8-28-29)6-19-20(31)30(21(32)33-19)16-9-27-10-16/h1-8,16,27H,9-11H2/b19-6-. The van der Waals surface area contributed by atoms with Crippen LogP contribution in [0.15, 0.2) is 47.5 Å². The Balaban J connectivity index is 1.42. The quantitative estimate of drug-likeness (QED) is 0.532. The first kappa shape index (κ1) is 22.0. The minimum atomic E-state index is -4.53. The van der Waals surface area contributed by atoms with Crippen molar-refractivity contribution < 1.29 is 22.8 Å². The highest BCUT2D eigenvalue weighted by molar-refractivity contribution is 8.18. The van der Waals surface area contributed by atoms with E-state index >= 15 is 0 Å². The van der Waals surface area contributed by atoms with Crippen LogP contribution in [0.3, 0.4) is 0 Å². The molecule has 0 spiro atoms. The first-order valence-electron chi connectivity index (χ1n) is 10.00. The lowest BCUT2D eigenvalue weighted by atomic mass is 10.1. The zero-order valence-corrected chi connectivity index (χ0v) is 18.5. The molecule has 2 aliphatic rings. The Morgan fingerprint density at radius 2 is 1.97 bits per heavy atom. The first-order valence-corrected chi connectivity index (χ1v) is 11.2. The molecule has 0 saturated carbocycles. The van der Waals surface area contributed by atoms with Crippen LogP contribution in [0.25, 0.3) is 17.0 Å². The number of imide groups is 1. The summed E-state index contributed by atoms with van der Waals surface area (Å²) in [5.41, 5.74) is 0.596. The average Bonchev–Trinajstić information content (AvgIpc) is 3.23. The monoisotopic (exact) mass is 492 g/mol. The molecule has 1 aromatic heterocycles. The lowest BCUT2D eigenvalue weighted by molar-refractivity contribution is -0.138. The highest BCUT2D eigenvalue weighted by Gasteiger charge is 2.41. The number of hydrogen-bond acceptors (Lipinski definition) is 5. The van der Waals surface area contributed by atoms with E-state index in [0.29, 0.717) is 34.5 Å². The summed E-state index contributed by atoms with van der Waals surface area (Å²) in [5.74, 6) is -0.310. The maximum atomic E-state index is 13.4. The Labute approximate surface area is 195 Å². The fourth-order valence-corrected chi connectivity index (χ4v) is 4.91. The lowest BCUT2D eigenvalue weighted by Crippen LogP contribution is -2.58. The number of hydrogen-bond donors (Lipinski definition) is 1. The van der Waals surface area contributed by atoms with Gasteiger partial charge < -0.3 is 5.32 Å². The average molecular weight is 493 g/mol. The molecule has 0 atom stereocenters. The Kier molecular flexibility index (Phi) is 5.46. The highest BCUT2D eigenvalue weighted by Crippen LogP contribution is 2.36. The number of thioether (sulfide) groups is 1. The zero-order valence-electron chi connectivity index (χ0n) is 16.9. The van der Waals surface area contributed by atoms with Crippen LogP contribution in [0.2, 0.25) is 5.02 Å². The predicted molar refractivity (Wildman–Crippen MR) is 120 cm³/mol. The molecule has 3 aromatic rings. The van der Waals surface area contributed by atoms with Gasteiger partial charge in [0.1, 0.15) is 0 Å². The summed E-state index contributed by atoms with van der Waals surface area (Å²) in [6.07, 6.45) is -1.33. The smallest absolute Gasteiger partial charge is 0.313 e. The molecule has 170 valence electrons. The molecule has 5 rings (SSSR count). The van der Waals surface area contributed by atoms with Crippen molar-refractivity contribution in [1.82, 2.24) is 20.0 Å². The SMILES string of the molecule is O=C1S/C(=C\c2ccc3c(cnn3Cc3ccc(Cl)cc3C(F)(F)F)c2)C(=O)N1C1CNC1. The molecule has 0 bridgehead atoms. The van der Waals surface area contributed by atoms with Crippen molar-refractivity contribution in [1.29, 1.82) is 0 Å². The topological polar surface area (TPSA) is 67.2 Å². The Hall–Kier alpha value is -2.82. The maximum absolute atomic E-state index is 13.4. The van der Waals surface area contributed by atoms with Crippen LogP contribution in [0.1, 0.15) is 16.7 Å². The van der Waals surface area contributed by atoms with Gasteiger partial charge in [0.15, 0.2) is 0 Å². The Morgan fingerprint density at radius 3 is 2.67 bits per heavy atom. The third kappa shape index (κ3) is 4.14. The number of alkyl halides is 3. The van der Waals surface area contributed by atoms with Crippen LogP contribution in [0, 0.1) is 0 Å². The number of carbonyl (C=O) groups is 2. The molecule has 2 saturated heterocycles. The van der Waals surface area contributed by atoms with Gasteiger partial charge in [-0.25, -0.2) is 0 Å². The van der Waals surface area contributed by atoms with Crippen LogP contribution in [-0.2, 0) is 17.5 Å². The van der Waals surface area contributed by atoms with E-state index in [2.05, 4.69) is 10.4 Å². The Morgan fingerprint density at radius 1 is 1.18 bits per heavy atom. The molecule has 2 fully saturated rings. The molecule has 2 aliphatic heterocycles. The van der Waals surface area contributed by atoms with Gasteiger partial charge in [-0.05, 0) is 53.2 Å². The third-order valence-electron chi connectivity index (χ3n) is 5.61. The van der Waals surface area contributed by atoms with Crippen LogP contribution >= 0.6 is 23.4 Å². The van der Waals surface area contributed by atoms with Crippen molar-refractivity contribution in [3.63, 3.8) is 0 Å². The van der Waals surface area contributed by atoms with E-state index in [1.54, 1.807) is 30.5 Å². The lowest BCUT2D eigenvalue weighted by Gasteiger charge is -2.33. The van der Waals surface area contributed by atoms with Gasteiger partial charge in [-0.3, -0.25) is 19.2 Å². The van der Waals surface area contributed by atoms with Gasteiger partial charge in [-0.15, -0.1) is 0 Å². The molecule has 2 amide bonds. The van der Waals surface area contributed by atoms with Crippen molar-refractivity contribution in [3.8, 4) is 0 Å². The van der Waals surface area contributed by atoms with E-state index in [9.17, 15) is 22.8 Å². The minimum Gasteiger partial charge on any atom is -0.313 e. The summed E-state index contributed by atoms with van der Waals surface area (Å²) in [5, 5.41) is 7.72. The minimum absolute atomic E-state index is 0.0130. The largest absolute Gasteiger partial charge is 0.416 e. The summed E-state index contributed by atoms with van der Waals surface area (Å²) < 4.78 is 41.8. The first-order chi connectivity index (χ1) is 15.7. The number of amides is 2. The second kappa shape index (κ2) is 8.19. The van der Waals surface area contributed by atoms with Crippen LogP contribution < -0.4 is 5.32 Å². The zero-order chi connectivity index (χ0) is 23.3. The number of aromatic nitrogens is 2.